The molecule has 128 valence electrons. The summed E-state index contributed by atoms with van der Waals surface area (Å²) in [6.07, 6.45) is -9.25. The van der Waals surface area contributed by atoms with E-state index < -0.39 is 41.1 Å². The zero-order valence-corrected chi connectivity index (χ0v) is 11.4. The first-order chi connectivity index (χ1) is 11.0. The number of alkyl halides is 6. The standard InChI is InChI=1S/C14H7F6NO3/c15-13(16,17)9-4-5-21-11(10(9)12(22)23)7-2-1-3-8(6-7)24-14(18,19)20/h1-6H,(H,22,23). The summed E-state index contributed by atoms with van der Waals surface area (Å²) in [5, 5.41) is 9.08. The lowest BCUT2D eigenvalue weighted by molar-refractivity contribution is -0.274. The number of pyridine rings is 1. The Bertz CT molecular complexity index is 770. The van der Waals surface area contributed by atoms with E-state index in [1.165, 1.54) is 0 Å². The van der Waals surface area contributed by atoms with Crippen LogP contribution in [0, 0.1) is 0 Å². The normalized spacial score (nSPS) is 12.1. The Balaban J connectivity index is 2.61. The third-order valence-electron chi connectivity index (χ3n) is 2.81. The highest BCUT2D eigenvalue weighted by atomic mass is 19.4. The Morgan fingerprint density at radius 3 is 2.29 bits per heavy atom. The third kappa shape index (κ3) is 3.94. The Kier molecular flexibility index (Phi) is 4.41. The highest BCUT2D eigenvalue weighted by Gasteiger charge is 2.37. The number of hydrogen-bond acceptors (Lipinski definition) is 3. The maximum Gasteiger partial charge on any atom is 0.573 e. The quantitative estimate of drug-likeness (QED) is 0.835. The van der Waals surface area contributed by atoms with Crippen LogP contribution in [-0.2, 0) is 6.18 Å². The maximum absolute atomic E-state index is 12.9. The van der Waals surface area contributed by atoms with Gasteiger partial charge in [0.25, 0.3) is 0 Å². The van der Waals surface area contributed by atoms with Gasteiger partial charge in [0.2, 0.25) is 0 Å². The van der Waals surface area contributed by atoms with Gasteiger partial charge in [0.1, 0.15) is 5.75 Å². The summed E-state index contributed by atoms with van der Waals surface area (Å²) in [6.45, 7) is 0. The van der Waals surface area contributed by atoms with Gasteiger partial charge >= 0.3 is 18.5 Å². The molecule has 1 heterocycles. The number of carbonyl (C=O) groups is 1. The number of benzene rings is 1. The van der Waals surface area contributed by atoms with Crippen LogP contribution in [0.1, 0.15) is 15.9 Å². The summed E-state index contributed by atoms with van der Waals surface area (Å²) < 4.78 is 79.2. The van der Waals surface area contributed by atoms with Crippen LogP contribution in [0.2, 0.25) is 0 Å². The van der Waals surface area contributed by atoms with Crippen LogP contribution in [0.15, 0.2) is 36.5 Å². The smallest absolute Gasteiger partial charge is 0.478 e. The van der Waals surface area contributed by atoms with Crippen molar-refractivity contribution in [1.82, 2.24) is 4.98 Å². The van der Waals surface area contributed by atoms with E-state index in [1.54, 1.807) is 0 Å². The molecule has 4 nitrogen and oxygen atoms in total. The number of rotatable bonds is 3. The van der Waals surface area contributed by atoms with Gasteiger partial charge in [0.05, 0.1) is 16.8 Å². The van der Waals surface area contributed by atoms with E-state index in [4.69, 9.17) is 5.11 Å². The van der Waals surface area contributed by atoms with E-state index in [-0.39, 0.29) is 5.56 Å². The topological polar surface area (TPSA) is 59.4 Å². The van der Waals surface area contributed by atoms with Gasteiger partial charge in [-0.2, -0.15) is 13.2 Å². The van der Waals surface area contributed by atoms with Gasteiger partial charge in [0, 0.05) is 11.8 Å². The molecule has 24 heavy (non-hydrogen) atoms. The molecule has 0 aliphatic heterocycles. The Labute approximate surface area is 130 Å². The van der Waals surface area contributed by atoms with Crippen LogP contribution >= 0.6 is 0 Å². The average Bonchev–Trinajstić information content (AvgIpc) is 2.44. The molecular weight excluding hydrogens is 344 g/mol. The van der Waals surface area contributed by atoms with E-state index in [1.807, 2.05) is 0 Å². The molecule has 0 fully saturated rings. The van der Waals surface area contributed by atoms with Gasteiger partial charge in [-0.15, -0.1) is 13.2 Å². The van der Waals surface area contributed by atoms with Crippen molar-refractivity contribution in [3.63, 3.8) is 0 Å². The van der Waals surface area contributed by atoms with E-state index in [9.17, 15) is 31.1 Å². The fourth-order valence-electron chi connectivity index (χ4n) is 1.97. The molecule has 0 amide bonds. The number of ether oxygens (including phenoxy) is 1. The van der Waals surface area contributed by atoms with Gasteiger partial charge in [0.15, 0.2) is 0 Å². The number of carboxylic acid groups (broad SMARTS) is 1. The highest BCUT2D eigenvalue weighted by Crippen LogP contribution is 2.36. The molecule has 0 unspecified atom stereocenters. The van der Waals surface area contributed by atoms with Crippen molar-refractivity contribution in [2.75, 3.05) is 0 Å². The number of nitrogens with zero attached hydrogens (tertiary/aromatic N) is 1. The van der Waals surface area contributed by atoms with Gasteiger partial charge < -0.3 is 9.84 Å². The minimum absolute atomic E-state index is 0.264. The SMILES string of the molecule is O=C(O)c1c(C(F)(F)F)ccnc1-c1cccc(OC(F)(F)F)c1. The molecule has 1 N–H and O–H groups in total. The van der Waals surface area contributed by atoms with Gasteiger partial charge in [-0.1, -0.05) is 12.1 Å². The Hall–Kier alpha value is -2.78. The second kappa shape index (κ2) is 6.02. The second-order valence-corrected chi connectivity index (χ2v) is 4.46. The Morgan fingerprint density at radius 2 is 1.75 bits per heavy atom. The molecule has 0 aliphatic carbocycles. The zero-order chi connectivity index (χ0) is 18.1. The average molecular weight is 351 g/mol. The number of aromatic carboxylic acids is 1. The number of hydrogen-bond donors (Lipinski definition) is 1. The largest absolute Gasteiger partial charge is 0.573 e. The lowest BCUT2D eigenvalue weighted by Gasteiger charge is -2.14. The minimum Gasteiger partial charge on any atom is -0.478 e. The molecule has 0 radical (unpaired) electrons. The molecule has 0 saturated heterocycles. The number of halogens is 6. The first-order valence-electron chi connectivity index (χ1n) is 6.15. The van der Waals surface area contributed by atoms with E-state index in [0.717, 1.165) is 30.5 Å². The molecule has 1 aromatic carbocycles. The molecule has 2 rings (SSSR count). The van der Waals surface area contributed by atoms with Crippen molar-refractivity contribution in [3.05, 3.63) is 47.7 Å². The van der Waals surface area contributed by atoms with E-state index >= 15 is 0 Å². The van der Waals surface area contributed by atoms with Crippen molar-refractivity contribution in [1.29, 1.82) is 0 Å². The fourth-order valence-corrected chi connectivity index (χ4v) is 1.97. The predicted octanol–water partition coefficient (Wildman–Crippen LogP) is 4.36. The first kappa shape index (κ1) is 17.6. The molecule has 10 heteroatoms. The zero-order valence-electron chi connectivity index (χ0n) is 11.4. The lowest BCUT2D eigenvalue weighted by Crippen LogP contribution is -2.17. The minimum atomic E-state index is -5.00. The summed E-state index contributed by atoms with van der Waals surface area (Å²) in [5.41, 5.74) is -3.50. The Morgan fingerprint density at radius 1 is 1.08 bits per heavy atom. The van der Waals surface area contributed by atoms with Crippen LogP contribution in [0.5, 0.6) is 5.75 Å². The molecule has 1 aromatic heterocycles. The predicted molar refractivity (Wildman–Crippen MR) is 68.3 cm³/mol. The molecule has 0 bridgehead atoms. The van der Waals surface area contributed by atoms with Crippen molar-refractivity contribution in [2.24, 2.45) is 0 Å². The van der Waals surface area contributed by atoms with E-state index in [0.29, 0.717) is 6.07 Å². The van der Waals surface area contributed by atoms with Crippen LogP contribution in [0.4, 0.5) is 26.3 Å². The molecule has 0 spiro atoms. The maximum atomic E-state index is 12.9. The van der Waals surface area contributed by atoms with Gasteiger partial charge in [-0.25, -0.2) is 4.79 Å². The third-order valence-corrected chi connectivity index (χ3v) is 2.81. The monoisotopic (exact) mass is 351 g/mol. The summed E-state index contributed by atoms with van der Waals surface area (Å²) in [6, 6.07) is 4.35. The lowest BCUT2D eigenvalue weighted by atomic mass is 10.0. The summed E-state index contributed by atoms with van der Waals surface area (Å²) in [4.78, 5) is 14.8. The summed E-state index contributed by atoms with van der Waals surface area (Å²) in [5.74, 6) is -2.62. The molecule has 0 atom stereocenters. The second-order valence-electron chi connectivity index (χ2n) is 4.46. The highest BCUT2D eigenvalue weighted by molar-refractivity contribution is 5.96. The van der Waals surface area contributed by atoms with Crippen LogP contribution in [0.25, 0.3) is 11.3 Å². The van der Waals surface area contributed by atoms with Crippen molar-refractivity contribution in [3.8, 4) is 17.0 Å². The van der Waals surface area contributed by atoms with Crippen LogP contribution in [-0.4, -0.2) is 22.4 Å². The van der Waals surface area contributed by atoms with Gasteiger partial charge in [-0.3, -0.25) is 4.98 Å². The molecule has 0 aliphatic rings. The van der Waals surface area contributed by atoms with Gasteiger partial charge in [-0.05, 0) is 18.2 Å². The van der Waals surface area contributed by atoms with Crippen molar-refractivity contribution in [2.45, 2.75) is 12.5 Å². The molecule has 0 saturated carbocycles. The molecular formula is C14H7F6NO3. The first-order valence-corrected chi connectivity index (χ1v) is 6.15. The number of carboxylic acids is 1. The van der Waals surface area contributed by atoms with E-state index in [2.05, 4.69) is 9.72 Å². The van der Waals surface area contributed by atoms with Crippen molar-refractivity contribution < 1.29 is 41.0 Å². The summed E-state index contributed by atoms with van der Waals surface area (Å²) in [7, 11) is 0. The van der Waals surface area contributed by atoms with Crippen molar-refractivity contribution >= 4 is 5.97 Å². The summed E-state index contributed by atoms with van der Waals surface area (Å²) >= 11 is 0. The van der Waals surface area contributed by atoms with Crippen LogP contribution in [0.3, 0.4) is 0 Å². The van der Waals surface area contributed by atoms with Crippen LogP contribution < -0.4 is 4.74 Å². The fraction of sp³-hybridized carbons (Fsp3) is 0.143. The molecule has 2 aromatic rings. The number of aromatic nitrogens is 1.